The molecule has 0 atom stereocenters. The highest BCUT2D eigenvalue weighted by Crippen LogP contribution is 2.23. The van der Waals surface area contributed by atoms with E-state index in [-0.39, 0.29) is 0 Å². The Balaban J connectivity index is 2.38. The third kappa shape index (κ3) is 1.83. The third-order valence-electron chi connectivity index (χ3n) is 2.67. The van der Waals surface area contributed by atoms with E-state index in [1.807, 2.05) is 47.1 Å². The molecule has 1 aromatic heterocycles. The minimum absolute atomic E-state index is 0.761. The molecule has 2 aromatic carbocycles. The predicted molar refractivity (Wildman–Crippen MR) is 76.2 cm³/mol. The molecular formula is C13H9BrN2S. The standard InChI is InChI=1S/C13H9BrN2S/c14-9-6-7-11-12(8-9)16(15-13(11)17)10-4-2-1-3-5-10/h1-8H,(H,15,17). The van der Waals surface area contributed by atoms with Gasteiger partial charge in [-0.2, -0.15) is 0 Å². The van der Waals surface area contributed by atoms with Crippen LogP contribution in [0.2, 0.25) is 0 Å². The highest BCUT2D eigenvalue weighted by atomic mass is 79.9. The van der Waals surface area contributed by atoms with Gasteiger partial charge in [0, 0.05) is 9.86 Å². The topological polar surface area (TPSA) is 20.7 Å². The lowest BCUT2D eigenvalue weighted by atomic mass is 10.2. The van der Waals surface area contributed by atoms with Gasteiger partial charge in [-0.15, -0.1) is 0 Å². The minimum Gasteiger partial charge on any atom is -0.283 e. The summed E-state index contributed by atoms with van der Waals surface area (Å²) < 4.78 is 3.81. The Morgan fingerprint density at radius 3 is 2.59 bits per heavy atom. The zero-order valence-electron chi connectivity index (χ0n) is 8.85. The van der Waals surface area contributed by atoms with Crippen LogP contribution in [0, 0.1) is 4.64 Å². The highest BCUT2D eigenvalue weighted by Gasteiger charge is 2.05. The van der Waals surface area contributed by atoms with Gasteiger partial charge in [-0.3, -0.25) is 9.78 Å². The second-order valence-corrected chi connectivity index (χ2v) is 5.10. The summed E-state index contributed by atoms with van der Waals surface area (Å²) >= 11 is 8.81. The van der Waals surface area contributed by atoms with Crippen molar-refractivity contribution in [3.63, 3.8) is 0 Å². The number of aromatic amines is 1. The number of rotatable bonds is 1. The molecule has 0 saturated carbocycles. The van der Waals surface area contributed by atoms with Crippen LogP contribution in [-0.2, 0) is 0 Å². The molecule has 2 nitrogen and oxygen atoms in total. The Bertz CT molecular complexity index is 728. The normalized spacial score (nSPS) is 10.9. The van der Waals surface area contributed by atoms with Gasteiger partial charge in [-0.1, -0.05) is 46.3 Å². The van der Waals surface area contributed by atoms with Gasteiger partial charge in [-0.05, 0) is 30.3 Å². The molecule has 0 spiro atoms. The lowest BCUT2D eigenvalue weighted by molar-refractivity contribution is 0.903. The summed E-state index contributed by atoms with van der Waals surface area (Å²) in [5.74, 6) is 0. The van der Waals surface area contributed by atoms with Crippen molar-refractivity contribution in [1.29, 1.82) is 0 Å². The number of halogens is 1. The van der Waals surface area contributed by atoms with Gasteiger partial charge in [0.15, 0.2) is 0 Å². The van der Waals surface area contributed by atoms with E-state index in [1.54, 1.807) is 0 Å². The van der Waals surface area contributed by atoms with E-state index in [1.165, 1.54) is 0 Å². The molecule has 3 aromatic rings. The average molecular weight is 305 g/mol. The van der Waals surface area contributed by atoms with Gasteiger partial charge >= 0.3 is 0 Å². The van der Waals surface area contributed by atoms with Crippen LogP contribution in [0.1, 0.15) is 0 Å². The molecule has 1 N–H and O–H groups in total. The Morgan fingerprint density at radius 2 is 1.82 bits per heavy atom. The molecule has 0 aliphatic heterocycles. The van der Waals surface area contributed by atoms with Crippen molar-refractivity contribution in [1.82, 2.24) is 9.78 Å². The number of hydrogen-bond donors (Lipinski definition) is 1. The number of nitrogens with zero attached hydrogens (tertiary/aromatic N) is 1. The molecular weight excluding hydrogens is 296 g/mol. The van der Waals surface area contributed by atoms with E-state index in [4.69, 9.17) is 12.2 Å². The smallest absolute Gasteiger partial charge is 0.127 e. The third-order valence-corrected chi connectivity index (χ3v) is 3.48. The number of hydrogen-bond acceptors (Lipinski definition) is 1. The van der Waals surface area contributed by atoms with Gasteiger partial charge in [0.1, 0.15) is 4.64 Å². The van der Waals surface area contributed by atoms with Crippen molar-refractivity contribution in [2.75, 3.05) is 0 Å². The van der Waals surface area contributed by atoms with Crippen LogP contribution in [0.5, 0.6) is 0 Å². The molecule has 0 aliphatic rings. The molecule has 0 radical (unpaired) electrons. The van der Waals surface area contributed by atoms with Crippen LogP contribution >= 0.6 is 28.1 Å². The van der Waals surface area contributed by atoms with E-state index in [0.29, 0.717) is 0 Å². The zero-order valence-corrected chi connectivity index (χ0v) is 11.3. The summed E-state index contributed by atoms with van der Waals surface area (Å²) in [5.41, 5.74) is 2.15. The monoisotopic (exact) mass is 304 g/mol. The first kappa shape index (κ1) is 10.7. The number of H-pyrrole nitrogens is 1. The summed E-state index contributed by atoms with van der Waals surface area (Å²) in [6.07, 6.45) is 0. The zero-order chi connectivity index (χ0) is 11.8. The lowest BCUT2D eigenvalue weighted by Gasteiger charge is -2.04. The maximum atomic E-state index is 5.33. The van der Waals surface area contributed by atoms with Crippen molar-refractivity contribution in [2.45, 2.75) is 0 Å². The van der Waals surface area contributed by atoms with Gasteiger partial charge < -0.3 is 0 Å². The second-order valence-electron chi connectivity index (χ2n) is 3.77. The van der Waals surface area contributed by atoms with Crippen LogP contribution < -0.4 is 0 Å². The molecule has 0 saturated heterocycles. The molecule has 17 heavy (non-hydrogen) atoms. The molecule has 3 rings (SSSR count). The Morgan fingerprint density at radius 1 is 1.06 bits per heavy atom. The fourth-order valence-electron chi connectivity index (χ4n) is 1.88. The molecule has 0 bridgehead atoms. The first-order valence-corrected chi connectivity index (χ1v) is 6.41. The maximum absolute atomic E-state index is 5.33. The summed E-state index contributed by atoms with van der Waals surface area (Å²) in [4.78, 5) is 0. The van der Waals surface area contributed by atoms with E-state index < -0.39 is 0 Å². The van der Waals surface area contributed by atoms with Crippen LogP contribution in [-0.4, -0.2) is 9.78 Å². The van der Waals surface area contributed by atoms with Crippen LogP contribution in [0.25, 0.3) is 16.6 Å². The number of para-hydroxylation sites is 1. The maximum Gasteiger partial charge on any atom is 0.127 e. The van der Waals surface area contributed by atoms with Gasteiger partial charge in [-0.25, -0.2) is 0 Å². The quantitative estimate of drug-likeness (QED) is 0.659. The highest BCUT2D eigenvalue weighted by molar-refractivity contribution is 9.10. The first-order valence-electron chi connectivity index (χ1n) is 5.21. The average Bonchev–Trinajstić information content (AvgIpc) is 2.67. The summed E-state index contributed by atoms with van der Waals surface area (Å²) in [5, 5.41) is 4.27. The van der Waals surface area contributed by atoms with E-state index in [9.17, 15) is 0 Å². The van der Waals surface area contributed by atoms with E-state index >= 15 is 0 Å². The fraction of sp³-hybridized carbons (Fsp3) is 0. The minimum atomic E-state index is 0.761. The lowest BCUT2D eigenvalue weighted by Crippen LogP contribution is -1.95. The predicted octanol–water partition coefficient (Wildman–Crippen LogP) is 4.45. The molecule has 0 unspecified atom stereocenters. The molecule has 0 amide bonds. The van der Waals surface area contributed by atoms with Gasteiger partial charge in [0.25, 0.3) is 0 Å². The summed E-state index contributed by atoms with van der Waals surface area (Å²) in [6.45, 7) is 0. The van der Waals surface area contributed by atoms with Crippen LogP contribution in [0.15, 0.2) is 53.0 Å². The van der Waals surface area contributed by atoms with Crippen molar-refractivity contribution in [3.05, 3.63) is 57.6 Å². The summed E-state index contributed by atoms with van der Waals surface area (Å²) in [6, 6.07) is 16.2. The largest absolute Gasteiger partial charge is 0.283 e. The fourth-order valence-corrected chi connectivity index (χ4v) is 2.50. The number of aromatic nitrogens is 2. The number of nitrogens with one attached hydrogen (secondary N) is 1. The molecule has 0 fully saturated rings. The van der Waals surface area contributed by atoms with Crippen molar-refractivity contribution in [2.24, 2.45) is 0 Å². The van der Waals surface area contributed by atoms with Crippen LogP contribution in [0.4, 0.5) is 0 Å². The molecule has 4 heteroatoms. The first-order chi connectivity index (χ1) is 8.25. The van der Waals surface area contributed by atoms with Gasteiger partial charge in [0.2, 0.25) is 0 Å². The Labute approximate surface area is 112 Å². The molecule has 0 aliphatic carbocycles. The van der Waals surface area contributed by atoms with Crippen molar-refractivity contribution < 1.29 is 0 Å². The van der Waals surface area contributed by atoms with Crippen LogP contribution in [0.3, 0.4) is 0 Å². The molecule has 84 valence electrons. The number of benzene rings is 2. The van der Waals surface area contributed by atoms with Crippen molar-refractivity contribution >= 4 is 39.1 Å². The SMILES string of the molecule is S=c1[nH]n(-c2ccccc2)c2cc(Br)ccc12. The van der Waals surface area contributed by atoms with Crippen molar-refractivity contribution in [3.8, 4) is 5.69 Å². The van der Waals surface area contributed by atoms with Gasteiger partial charge in [0.05, 0.1) is 11.2 Å². The Hall–Kier alpha value is -1.39. The van der Waals surface area contributed by atoms with E-state index in [0.717, 1.165) is 25.7 Å². The summed E-state index contributed by atoms with van der Waals surface area (Å²) in [7, 11) is 0. The second kappa shape index (κ2) is 4.13. The van der Waals surface area contributed by atoms with E-state index in [2.05, 4.69) is 27.1 Å². The Kier molecular flexibility index (Phi) is 2.61. The molecule has 1 heterocycles. The number of fused-ring (bicyclic) bond motifs is 1.